The number of benzene rings is 1. The maximum atomic E-state index is 5.91. The molecule has 0 aliphatic heterocycles. The minimum absolute atomic E-state index is 0.770. The molecule has 0 bridgehead atoms. The highest BCUT2D eigenvalue weighted by Crippen LogP contribution is 2.26. The molecule has 72 valence electrons. The van der Waals surface area contributed by atoms with E-state index >= 15 is 0 Å². The first-order valence-electron chi connectivity index (χ1n) is 4.70. The zero-order valence-electron chi connectivity index (χ0n) is 8.12. The highest BCUT2D eigenvalue weighted by atomic mass is 15.0. The minimum atomic E-state index is 0.770. The Morgan fingerprint density at radius 1 is 1.36 bits per heavy atom. The number of fused-ring (bicyclic) bond motifs is 1. The number of hydrogen-bond acceptors (Lipinski definition) is 3. The fourth-order valence-electron chi connectivity index (χ4n) is 1.56. The van der Waals surface area contributed by atoms with Crippen LogP contribution >= 0.6 is 0 Å². The number of nitrogens with zero attached hydrogens (tertiary/aromatic N) is 1. The van der Waals surface area contributed by atoms with Crippen molar-refractivity contribution in [3.8, 4) is 0 Å². The first-order valence-corrected chi connectivity index (χ1v) is 4.70. The van der Waals surface area contributed by atoms with Gasteiger partial charge < -0.3 is 11.1 Å². The van der Waals surface area contributed by atoms with Crippen LogP contribution in [0.1, 0.15) is 6.92 Å². The van der Waals surface area contributed by atoms with Crippen molar-refractivity contribution in [3.63, 3.8) is 0 Å². The Labute approximate surface area is 83.0 Å². The lowest BCUT2D eigenvalue weighted by atomic mass is 10.1. The molecule has 0 amide bonds. The average Bonchev–Trinajstić information content (AvgIpc) is 2.19. The Hall–Kier alpha value is -1.77. The van der Waals surface area contributed by atoms with Crippen LogP contribution < -0.4 is 11.1 Å². The highest BCUT2D eigenvalue weighted by Gasteiger charge is 2.03. The summed E-state index contributed by atoms with van der Waals surface area (Å²) in [6.07, 6.45) is 1.79. The van der Waals surface area contributed by atoms with Crippen LogP contribution in [-0.2, 0) is 0 Å². The predicted molar refractivity (Wildman–Crippen MR) is 60.3 cm³/mol. The van der Waals surface area contributed by atoms with Crippen molar-refractivity contribution in [2.45, 2.75) is 6.92 Å². The van der Waals surface area contributed by atoms with Gasteiger partial charge in [-0.15, -0.1) is 0 Å². The molecule has 2 aromatic rings. The normalized spacial score (nSPS) is 10.4. The molecule has 0 spiro atoms. The lowest BCUT2D eigenvalue weighted by Crippen LogP contribution is -2.01. The van der Waals surface area contributed by atoms with Gasteiger partial charge in [-0.2, -0.15) is 0 Å². The third kappa shape index (κ3) is 1.37. The molecule has 0 saturated carbocycles. The molecule has 0 atom stereocenters. The van der Waals surface area contributed by atoms with E-state index in [9.17, 15) is 0 Å². The monoisotopic (exact) mass is 187 g/mol. The third-order valence-corrected chi connectivity index (χ3v) is 2.17. The number of nitrogens with two attached hydrogens (primary N) is 1. The summed E-state index contributed by atoms with van der Waals surface area (Å²) in [4.78, 5) is 4.27. The van der Waals surface area contributed by atoms with Crippen LogP contribution in [0.5, 0.6) is 0 Å². The number of aromatic nitrogens is 1. The topological polar surface area (TPSA) is 50.9 Å². The molecule has 0 saturated heterocycles. The van der Waals surface area contributed by atoms with E-state index in [2.05, 4.69) is 10.3 Å². The summed E-state index contributed by atoms with van der Waals surface area (Å²) in [5.41, 5.74) is 6.68. The summed E-state index contributed by atoms with van der Waals surface area (Å²) in [5.74, 6) is 0.864. The Morgan fingerprint density at radius 2 is 2.21 bits per heavy atom. The Kier molecular flexibility index (Phi) is 2.23. The number of pyridine rings is 1. The van der Waals surface area contributed by atoms with E-state index in [4.69, 9.17) is 5.73 Å². The SMILES string of the molecule is CCNc1nccc2cccc(N)c12. The van der Waals surface area contributed by atoms with E-state index < -0.39 is 0 Å². The zero-order valence-corrected chi connectivity index (χ0v) is 8.12. The van der Waals surface area contributed by atoms with E-state index in [-0.39, 0.29) is 0 Å². The van der Waals surface area contributed by atoms with E-state index in [1.165, 1.54) is 0 Å². The van der Waals surface area contributed by atoms with E-state index in [0.29, 0.717) is 0 Å². The second-order valence-electron chi connectivity index (χ2n) is 3.14. The van der Waals surface area contributed by atoms with E-state index in [0.717, 1.165) is 28.8 Å². The molecule has 14 heavy (non-hydrogen) atoms. The van der Waals surface area contributed by atoms with Gasteiger partial charge in [-0.3, -0.25) is 0 Å². The maximum Gasteiger partial charge on any atom is 0.135 e. The van der Waals surface area contributed by atoms with Crippen LogP contribution in [0.2, 0.25) is 0 Å². The molecule has 2 rings (SSSR count). The van der Waals surface area contributed by atoms with Crippen LogP contribution in [0.4, 0.5) is 11.5 Å². The fourth-order valence-corrected chi connectivity index (χ4v) is 1.56. The molecule has 1 heterocycles. The second-order valence-corrected chi connectivity index (χ2v) is 3.14. The van der Waals surface area contributed by atoms with Gasteiger partial charge in [-0.05, 0) is 24.4 Å². The number of nitrogen functional groups attached to an aromatic ring is 1. The Balaban J connectivity index is 2.71. The van der Waals surface area contributed by atoms with Crippen molar-refractivity contribution in [2.75, 3.05) is 17.6 Å². The van der Waals surface area contributed by atoms with Crippen LogP contribution in [0.3, 0.4) is 0 Å². The van der Waals surface area contributed by atoms with Gasteiger partial charge in [0.05, 0.1) is 0 Å². The fraction of sp³-hybridized carbons (Fsp3) is 0.182. The maximum absolute atomic E-state index is 5.91. The second kappa shape index (κ2) is 3.54. The summed E-state index contributed by atoms with van der Waals surface area (Å²) < 4.78 is 0. The van der Waals surface area contributed by atoms with Gasteiger partial charge in [0, 0.05) is 23.8 Å². The summed E-state index contributed by atoms with van der Waals surface area (Å²) in [6.45, 7) is 2.89. The molecule has 3 nitrogen and oxygen atoms in total. The molecule has 0 fully saturated rings. The molecule has 0 aliphatic rings. The molecule has 0 radical (unpaired) electrons. The van der Waals surface area contributed by atoms with E-state index in [1.54, 1.807) is 6.20 Å². The van der Waals surface area contributed by atoms with Gasteiger partial charge in [0.2, 0.25) is 0 Å². The molecule has 1 aromatic carbocycles. The number of anilines is 2. The molecular formula is C11H13N3. The average molecular weight is 187 g/mol. The quantitative estimate of drug-likeness (QED) is 0.709. The third-order valence-electron chi connectivity index (χ3n) is 2.17. The minimum Gasteiger partial charge on any atom is -0.398 e. The van der Waals surface area contributed by atoms with Gasteiger partial charge in [0.1, 0.15) is 5.82 Å². The zero-order chi connectivity index (χ0) is 9.97. The van der Waals surface area contributed by atoms with Crippen LogP contribution in [0, 0.1) is 0 Å². The van der Waals surface area contributed by atoms with Gasteiger partial charge in [-0.1, -0.05) is 12.1 Å². The van der Waals surface area contributed by atoms with Crippen molar-refractivity contribution in [2.24, 2.45) is 0 Å². The van der Waals surface area contributed by atoms with Crippen LogP contribution in [0.25, 0.3) is 10.8 Å². The molecule has 0 unspecified atom stereocenters. The van der Waals surface area contributed by atoms with Gasteiger partial charge >= 0.3 is 0 Å². The summed E-state index contributed by atoms with van der Waals surface area (Å²) in [5, 5.41) is 5.33. The largest absolute Gasteiger partial charge is 0.398 e. The summed E-state index contributed by atoms with van der Waals surface area (Å²) >= 11 is 0. The summed E-state index contributed by atoms with van der Waals surface area (Å²) in [6, 6.07) is 7.85. The van der Waals surface area contributed by atoms with Gasteiger partial charge in [0.25, 0.3) is 0 Å². The summed E-state index contributed by atoms with van der Waals surface area (Å²) in [7, 11) is 0. The van der Waals surface area contributed by atoms with Gasteiger partial charge in [-0.25, -0.2) is 4.98 Å². The standard InChI is InChI=1S/C11H13N3/c1-2-13-11-10-8(6-7-14-11)4-3-5-9(10)12/h3-7H,2,12H2,1H3,(H,13,14). The first-order chi connectivity index (χ1) is 6.83. The van der Waals surface area contributed by atoms with Crippen molar-refractivity contribution in [3.05, 3.63) is 30.5 Å². The first kappa shape index (κ1) is 8.81. The Bertz CT molecular complexity index is 446. The smallest absolute Gasteiger partial charge is 0.135 e. The van der Waals surface area contributed by atoms with Crippen molar-refractivity contribution < 1.29 is 0 Å². The molecule has 3 heteroatoms. The lowest BCUT2D eigenvalue weighted by Gasteiger charge is -2.08. The van der Waals surface area contributed by atoms with Gasteiger partial charge in [0.15, 0.2) is 0 Å². The van der Waals surface area contributed by atoms with Crippen LogP contribution in [-0.4, -0.2) is 11.5 Å². The number of hydrogen-bond donors (Lipinski definition) is 2. The molecule has 0 aliphatic carbocycles. The molecule has 3 N–H and O–H groups in total. The highest BCUT2D eigenvalue weighted by molar-refractivity contribution is 6.00. The van der Waals surface area contributed by atoms with E-state index in [1.807, 2.05) is 31.2 Å². The lowest BCUT2D eigenvalue weighted by molar-refractivity contribution is 1.17. The Morgan fingerprint density at radius 3 is 3.00 bits per heavy atom. The number of nitrogens with one attached hydrogen (secondary N) is 1. The predicted octanol–water partition coefficient (Wildman–Crippen LogP) is 2.25. The molecule has 1 aromatic heterocycles. The van der Waals surface area contributed by atoms with Crippen molar-refractivity contribution in [1.29, 1.82) is 0 Å². The van der Waals surface area contributed by atoms with Crippen molar-refractivity contribution >= 4 is 22.3 Å². The molecular weight excluding hydrogens is 174 g/mol. The van der Waals surface area contributed by atoms with Crippen molar-refractivity contribution in [1.82, 2.24) is 4.98 Å². The van der Waals surface area contributed by atoms with Crippen LogP contribution in [0.15, 0.2) is 30.5 Å². The number of rotatable bonds is 2.